The molecule has 0 saturated heterocycles. The maximum Gasteiger partial charge on any atom is 0.339 e. The third-order valence-corrected chi connectivity index (χ3v) is 3.74. The Bertz CT molecular complexity index is 412. The molecule has 1 rings (SSSR count). The van der Waals surface area contributed by atoms with E-state index < -0.39 is 16.8 Å². The number of nitrogens with zero attached hydrogens (tertiary/aromatic N) is 2. The van der Waals surface area contributed by atoms with Crippen LogP contribution in [0.1, 0.15) is 29.9 Å². The van der Waals surface area contributed by atoms with Gasteiger partial charge in [0.1, 0.15) is 5.56 Å². The van der Waals surface area contributed by atoms with Gasteiger partial charge >= 0.3 is 5.97 Å². The number of aromatic nitrogens is 2. The number of rotatable bonds is 5. The van der Waals surface area contributed by atoms with E-state index in [0.717, 1.165) is 0 Å². The Kier molecular flexibility index (Phi) is 4.23. The predicted molar refractivity (Wildman–Crippen MR) is 61.7 cm³/mol. The molecule has 0 bridgehead atoms. The molecule has 1 aromatic heterocycles. The lowest BCUT2D eigenvalue weighted by molar-refractivity contribution is 0.0696. The molecule has 16 heavy (non-hydrogen) atoms. The van der Waals surface area contributed by atoms with E-state index in [-0.39, 0.29) is 11.3 Å². The minimum Gasteiger partial charge on any atom is -0.478 e. The molecule has 0 radical (unpaired) electrons. The van der Waals surface area contributed by atoms with Gasteiger partial charge in [0.25, 0.3) is 0 Å². The summed E-state index contributed by atoms with van der Waals surface area (Å²) in [5, 5.41) is 12.8. The van der Waals surface area contributed by atoms with E-state index >= 15 is 0 Å². The van der Waals surface area contributed by atoms with Gasteiger partial charge in [0.15, 0.2) is 0 Å². The van der Waals surface area contributed by atoms with Gasteiger partial charge in [0, 0.05) is 23.6 Å². The van der Waals surface area contributed by atoms with Crippen LogP contribution in [0.15, 0.2) is 6.20 Å². The van der Waals surface area contributed by atoms with Crippen LogP contribution in [0.2, 0.25) is 0 Å². The summed E-state index contributed by atoms with van der Waals surface area (Å²) < 4.78 is 13.2. The summed E-state index contributed by atoms with van der Waals surface area (Å²) in [5.74, 6) is 0.132. The normalized spacial score (nSPS) is 13.0. The van der Waals surface area contributed by atoms with Gasteiger partial charge < -0.3 is 5.11 Å². The lowest BCUT2D eigenvalue weighted by atomic mass is 10.3. The van der Waals surface area contributed by atoms with Crippen molar-refractivity contribution in [1.29, 1.82) is 0 Å². The highest BCUT2D eigenvalue weighted by atomic mass is 32.2. The van der Waals surface area contributed by atoms with Crippen molar-refractivity contribution >= 4 is 16.8 Å². The molecule has 1 aromatic rings. The zero-order valence-electron chi connectivity index (χ0n) is 9.64. The number of aryl methyl sites for hydroxylation is 1. The molecule has 0 aliphatic heterocycles. The summed E-state index contributed by atoms with van der Waals surface area (Å²) in [4.78, 5) is 10.9. The van der Waals surface area contributed by atoms with Gasteiger partial charge in [-0.05, 0) is 5.92 Å². The number of aromatic carboxylic acids is 1. The van der Waals surface area contributed by atoms with Crippen molar-refractivity contribution in [3.63, 3.8) is 0 Å². The summed E-state index contributed by atoms with van der Waals surface area (Å²) >= 11 is 0. The Morgan fingerprint density at radius 1 is 1.62 bits per heavy atom. The van der Waals surface area contributed by atoms with Gasteiger partial charge in [-0.15, -0.1) is 0 Å². The van der Waals surface area contributed by atoms with Crippen molar-refractivity contribution in [2.45, 2.75) is 19.6 Å². The Morgan fingerprint density at radius 3 is 2.75 bits per heavy atom. The van der Waals surface area contributed by atoms with Crippen LogP contribution in [0, 0.1) is 5.92 Å². The quantitative estimate of drug-likeness (QED) is 0.839. The first kappa shape index (κ1) is 12.9. The van der Waals surface area contributed by atoms with Crippen molar-refractivity contribution in [2.24, 2.45) is 13.0 Å². The Morgan fingerprint density at radius 2 is 2.25 bits per heavy atom. The lowest BCUT2D eigenvalue weighted by Crippen LogP contribution is -2.12. The van der Waals surface area contributed by atoms with E-state index in [0.29, 0.717) is 17.4 Å². The molecule has 1 unspecified atom stereocenters. The first-order chi connectivity index (χ1) is 7.41. The molecule has 6 heteroatoms. The predicted octanol–water partition coefficient (Wildman–Crippen LogP) is 1.02. The summed E-state index contributed by atoms with van der Waals surface area (Å²) in [5.41, 5.74) is 0.658. The fraction of sp³-hybridized carbons (Fsp3) is 0.600. The molecule has 90 valence electrons. The van der Waals surface area contributed by atoms with Crippen LogP contribution >= 0.6 is 0 Å². The van der Waals surface area contributed by atoms with Crippen molar-refractivity contribution in [3.8, 4) is 0 Å². The van der Waals surface area contributed by atoms with Crippen LogP contribution in [0.4, 0.5) is 0 Å². The van der Waals surface area contributed by atoms with Crippen molar-refractivity contribution in [2.75, 3.05) is 5.75 Å². The van der Waals surface area contributed by atoms with Crippen LogP contribution in [0.3, 0.4) is 0 Å². The van der Waals surface area contributed by atoms with Gasteiger partial charge in [-0.1, -0.05) is 13.8 Å². The van der Waals surface area contributed by atoms with Crippen LogP contribution in [0.25, 0.3) is 0 Å². The van der Waals surface area contributed by atoms with Crippen LogP contribution in [-0.2, 0) is 23.6 Å². The molecule has 0 amide bonds. The molecule has 0 fully saturated rings. The molecule has 1 N–H and O–H groups in total. The average Bonchev–Trinajstić information content (AvgIpc) is 2.46. The first-order valence-electron chi connectivity index (χ1n) is 5.01. The molecule has 0 aliphatic carbocycles. The zero-order valence-corrected chi connectivity index (χ0v) is 10.5. The van der Waals surface area contributed by atoms with E-state index in [1.165, 1.54) is 10.9 Å². The molecule has 0 aromatic carbocycles. The van der Waals surface area contributed by atoms with Crippen LogP contribution in [-0.4, -0.2) is 30.8 Å². The number of hydrogen-bond acceptors (Lipinski definition) is 3. The standard InChI is InChI=1S/C10H16N2O3S/c1-7(2)5-16(15)6-9-8(10(13)14)4-11-12(9)3/h4,7H,5-6H2,1-3H3,(H,13,14). The van der Waals surface area contributed by atoms with E-state index in [2.05, 4.69) is 5.10 Å². The Hall–Kier alpha value is -1.17. The summed E-state index contributed by atoms with van der Waals surface area (Å²) in [6, 6.07) is 0. The molecule has 0 spiro atoms. The Labute approximate surface area is 96.9 Å². The molecular weight excluding hydrogens is 228 g/mol. The summed E-state index contributed by atoms with van der Waals surface area (Å²) in [6.07, 6.45) is 1.30. The highest BCUT2D eigenvalue weighted by Crippen LogP contribution is 2.11. The van der Waals surface area contributed by atoms with Crippen LogP contribution < -0.4 is 0 Å². The van der Waals surface area contributed by atoms with Crippen molar-refractivity contribution in [1.82, 2.24) is 9.78 Å². The van der Waals surface area contributed by atoms with Crippen molar-refractivity contribution in [3.05, 3.63) is 17.5 Å². The first-order valence-corrected chi connectivity index (χ1v) is 6.49. The van der Waals surface area contributed by atoms with E-state index in [9.17, 15) is 9.00 Å². The second-order valence-corrected chi connectivity index (χ2v) is 5.58. The van der Waals surface area contributed by atoms with Gasteiger partial charge in [0.2, 0.25) is 0 Å². The summed E-state index contributed by atoms with van der Waals surface area (Å²) in [6.45, 7) is 3.97. The number of carboxylic acids is 1. The fourth-order valence-corrected chi connectivity index (χ4v) is 2.90. The van der Waals surface area contributed by atoms with Gasteiger partial charge in [-0.3, -0.25) is 8.89 Å². The molecular formula is C10H16N2O3S. The lowest BCUT2D eigenvalue weighted by Gasteiger charge is -2.06. The third-order valence-electron chi connectivity index (χ3n) is 2.11. The molecule has 5 nitrogen and oxygen atoms in total. The SMILES string of the molecule is CC(C)CS(=O)Cc1c(C(=O)O)cnn1C. The molecule has 0 aliphatic rings. The maximum atomic E-state index is 11.7. The number of hydrogen-bond donors (Lipinski definition) is 1. The highest BCUT2D eigenvalue weighted by Gasteiger charge is 2.17. The number of carbonyl (C=O) groups is 1. The van der Waals surface area contributed by atoms with Crippen LogP contribution in [0.5, 0.6) is 0 Å². The second-order valence-electron chi connectivity index (χ2n) is 4.08. The average molecular weight is 244 g/mol. The highest BCUT2D eigenvalue weighted by molar-refractivity contribution is 7.84. The third kappa shape index (κ3) is 3.16. The Balaban J connectivity index is 2.84. The van der Waals surface area contributed by atoms with E-state index in [4.69, 9.17) is 5.11 Å². The minimum absolute atomic E-state index is 0.139. The van der Waals surface area contributed by atoms with E-state index in [1.54, 1.807) is 7.05 Å². The fourth-order valence-electron chi connectivity index (χ4n) is 1.40. The summed E-state index contributed by atoms with van der Waals surface area (Å²) in [7, 11) is 0.620. The molecule has 1 atom stereocenters. The number of carboxylic acid groups (broad SMARTS) is 1. The smallest absolute Gasteiger partial charge is 0.339 e. The molecule has 1 heterocycles. The van der Waals surface area contributed by atoms with E-state index in [1.807, 2.05) is 13.8 Å². The topological polar surface area (TPSA) is 72.2 Å². The van der Waals surface area contributed by atoms with Crippen molar-refractivity contribution < 1.29 is 14.1 Å². The zero-order chi connectivity index (χ0) is 12.3. The molecule has 0 saturated carbocycles. The monoisotopic (exact) mass is 244 g/mol. The van der Waals surface area contributed by atoms with Gasteiger partial charge in [-0.2, -0.15) is 5.10 Å². The second kappa shape index (κ2) is 5.25. The largest absolute Gasteiger partial charge is 0.478 e. The van der Waals surface area contributed by atoms with Gasteiger partial charge in [-0.25, -0.2) is 4.79 Å². The maximum absolute atomic E-state index is 11.7. The van der Waals surface area contributed by atoms with Gasteiger partial charge in [0.05, 0.1) is 17.6 Å². The minimum atomic E-state index is -1.04.